The monoisotopic (exact) mass is 413 g/mol. The fraction of sp³-hybridized carbons (Fsp3) is 0. The molecule has 0 saturated carbocycles. The van der Waals surface area contributed by atoms with Crippen molar-refractivity contribution in [1.82, 2.24) is 5.43 Å². The number of nitrogens with zero attached hydrogens (tertiary/aromatic N) is 1. The van der Waals surface area contributed by atoms with Gasteiger partial charge in [0.25, 0.3) is 15.9 Å². The van der Waals surface area contributed by atoms with E-state index in [4.69, 9.17) is 11.6 Å². The summed E-state index contributed by atoms with van der Waals surface area (Å²) in [6, 6.07) is 21.2. The Morgan fingerprint density at radius 3 is 2.18 bits per heavy atom. The van der Waals surface area contributed by atoms with Crippen LogP contribution in [-0.2, 0) is 10.0 Å². The van der Waals surface area contributed by atoms with Gasteiger partial charge >= 0.3 is 0 Å². The molecule has 0 heterocycles. The molecule has 3 aromatic rings. The second-order valence-electron chi connectivity index (χ2n) is 5.75. The highest BCUT2D eigenvalue weighted by atomic mass is 35.5. The SMILES string of the molecule is O=C(N/N=C\c1ccccc1)c1ccc(NS(=O)(=O)c2ccc(Cl)cc2)cc1. The lowest BCUT2D eigenvalue weighted by Crippen LogP contribution is -2.18. The molecule has 8 heteroatoms. The second kappa shape index (κ2) is 8.69. The van der Waals surface area contributed by atoms with Gasteiger partial charge in [-0.25, -0.2) is 13.8 Å². The molecule has 0 unspecified atom stereocenters. The molecule has 3 aromatic carbocycles. The Bertz CT molecular complexity index is 1080. The van der Waals surface area contributed by atoms with E-state index in [-0.39, 0.29) is 4.90 Å². The summed E-state index contributed by atoms with van der Waals surface area (Å²) in [5, 5.41) is 4.35. The van der Waals surface area contributed by atoms with Crippen molar-refractivity contribution >= 4 is 39.4 Å². The van der Waals surface area contributed by atoms with Crippen LogP contribution in [0.2, 0.25) is 5.02 Å². The van der Waals surface area contributed by atoms with Gasteiger partial charge in [-0.1, -0.05) is 41.9 Å². The zero-order chi connectivity index (χ0) is 20.0. The number of carbonyl (C=O) groups is 1. The Morgan fingerprint density at radius 2 is 1.54 bits per heavy atom. The molecule has 0 saturated heterocycles. The molecular weight excluding hydrogens is 398 g/mol. The molecule has 0 aromatic heterocycles. The number of anilines is 1. The number of hydrogen-bond acceptors (Lipinski definition) is 4. The highest BCUT2D eigenvalue weighted by Gasteiger charge is 2.14. The minimum atomic E-state index is -3.74. The van der Waals surface area contributed by atoms with Gasteiger partial charge in [-0.2, -0.15) is 5.10 Å². The van der Waals surface area contributed by atoms with E-state index in [0.717, 1.165) is 5.56 Å². The average molecular weight is 414 g/mol. The van der Waals surface area contributed by atoms with E-state index in [1.54, 1.807) is 0 Å². The first-order valence-corrected chi connectivity index (χ1v) is 10.1. The van der Waals surface area contributed by atoms with Gasteiger partial charge in [0.05, 0.1) is 11.1 Å². The standard InChI is InChI=1S/C20H16ClN3O3S/c21-17-8-12-19(13-9-17)28(26,27)24-18-10-6-16(7-11-18)20(25)23-22-14-15-4-2-1-3-5-15/h1-14,24H,(H,23,25)/b22-14-. The first-order chi connectivity index (χ1) is 13.4. The van der Waals surface area contributed by atoms with Gasteiger partial charge in [-0.15, -0.1) is 0 Å². The van der Waals surface area contributed by atoms with Crippen LogP contribution in [0.1, 0.15) is 15.9 Å². The molecule has 6 nitrogen and oxygen atoms in total. The first-order valence-electron chi connectivity index (χ1n) is 8.21. The summed E-state index contributed by atoms with van der Waals surface area (Å²) in [5.74, 6) is -0.403. The Morgan fingerprint density at radius 1 is 0.893 bits per heavy atom. The number of carbonyl (C=O) groups excluding carboxylic acids is 1. The number of nitrogens with one attached hydrogen (secondary N) is 2. The third kappa shape index (κ3) is 5.18. The number of benzene rings is 3. The van der Waals surface area contributed by atoms with Crippen LogP contribution in [0, 0.1) is 0 Å². The van der Waals surface area contributed by atoms with Crippen molar-refractivity contribution in [3.05, 3.63) is 95.0 Å². The number of hydrogen-bond donors (Lipinski definition) is 2. The minimum absolute atomic E-state index is 0.0916. The first kappa shape index (κ1) is 19.6. The van der Waals surface area contributed by atoms with E-state index < -0.39 is 15.9 Å². The molecule has 0 fully saturated rings. The molecule has 0 spiro atoms. The van der Waals surface area contributed by atoms with Gasteiger partial charge < -0.3 is 0 Å². The summed E-state index contributed by atoms with van der Waals surface area (Å²) in [6.07, 6.45) is 1.53. The van der Waals surface area contributed by atoms with E-state index in [1.165, 1.54) is 54.7 Å². The summed E-state index contributed by atoms with van der Waals surface area (Å²) >= 11 is 5.78. The number of rotatable bonds is 6. The van der Waals surface area contributed by atoms with Crippen LogP contribution in [0.25, 0.3) is 0 Å². The predicted octanol–water partition coefficient (Wildman–Crippen LogP) is 3.90. The number of hydrazone groups is 1. The van der Waals surface area contributed by atoms with Gasteiger partial charge in [0.1, 0.15) is 0 Å². The van der Waals surface area contributed by atoms with E-state index in [1.807, 2.05) is 30.3 Å². The lowest BCUT2D eigenvalue weighted by molar-refractivity contribution is 0.0955. The van der Waals surface area contributed by atoms with Gasteiger partial charge in [0.15, 0.2) is 0 Å². The molecule has 142 valence electrons. The largest absolute Gasteiger partial charge is 0.280 e. The van der Waals surface area contributed by atoms with E-state index in [0.29, 0.717) is 16.3 Å². The number of halogens is 1. The van der Waals surface area contributed by atoms with Gasteiger partial charge in [0.2, 0.25) is 0 Å². The van der Waals surface area contributed by atoms with Crippen LogP contribution < -0.4 is 10.1 Å². The van der Waals surface area contributed by atoms with Crippen molar-refractivity contribution in [1.29, 1.82) is 0 Å². The van der Waals surface area contributed by atoms with Crippen molar-refractivity contribution < 1.29 is 13.2 Å². The summed E-state index contributed by atoms with van der Waals surface area (Å²) in [5.41, 5.74) is 3.96. The van der Waals surface area contributed by atoms with Crippen molar-refractivity contribution in [2.75, 3.05) is 4.72 Å². The van der Waals surface area contributed by atoms with E-state index in [9.17, 15) is 13.2 Å². The van der Waals surface area contributed by atoms with Crippen LogP contribution in [0.5, 0.6) is 0 Å². The molecule has 0 aliphatic carbocycles. The van der Waals surface area contributed by atoms with Crippen LogP contribution in [0.15, 0.2) is 88.9 Å². The van der Waals surface area contributed by atoms with Crippen LogP contribution in [0.3, 0.4) is 0 Å². The predicted molar refractivity (Wildman–Crippen MR) is 110 cm³/mol. The third-order valence-corrected chi connectivity index (χ3v) is 5.35. The summed E-state index contributed by atoms with van der Waals surface area (Å²) in [7, 11) is -3.74. The van der Waals surface area contributed by atoms with Crippen LogP contribution in [-0.4, -0.2) is 20.5 Å². The molecule has 0 radical (unpaired) electrons. The van der Waals surface area contributed by atoms with Gasteiger partial charge in [-0.05, 0) is 54.1 Å². The smallest absolute Gasteiger partial charge is 0.271 e. The third-order valence-electron chi connectivity index (χ3n) is 3.70. The van der Waals surface area contributed by atoms with Crippen molar-refractivity contribution in [3.8, 4) is 0 Å². The van der Waals surface area contributed by atoms with Gasteiger partial charge in [-0.3, -0.25) is 9.52 Å². The zero-order valence-electron chi connectivity index (χ0n) is 14.5. The van der Waals surface area contributed by atoms with Crippen LogP contribution >= 0.6 is 11.6 Å². The lowest BCUT2D eigenvalue weighted by Gasteiger charge is -2.08. The Balaban J connectivity index is 1.63. The molecular formula is C20H16ClN3O3S. The maximum absolute atomic E-state index is 12.4. The Kier molecular flexibility index (Phi) is 6.08. The van der Waals surface area contributed by atoms with Crippen molar-refractivity contribution in [2.24, 2.45) is 5.10 Å². The minimum Gasteiger partial charge on any atom is -0.280 e. The quantitative estimate of drug-likeness (QED) is 0.474. The van der Waals surface area contributed by atoms with Crippen molar-refractivity contribution in [2.45, 2.75) is 4.90 Å². The fourth-order valence-corrected chi connectivity index (χ4v) is 3.47. The van der Waals surface area contributed by atoms with E-state index in [2.05, 4.69) is 15.2 Å². The highest BCUT2D eigenvalue weighted by molar-refractivity contribution is 7.92. The molecule has 28 heavy (non-hydrogen) atoms. The van der Waals surface area contributed by atoms with Crippen LogP contribution in [0.4, 0.5) is 5.69 Å². The highest BCUT2D eigenvalue weighted by Crippen LogP contribution is 2.18. The maximum Gasteiger partial charge on any atom is 0.271 e. The second-order valence-corrected chi connectivity index (χ2v) is 7.87. The molecule has 0 aliphatic heterocycles. The fourth-order valence-electron chi connectivity index (χ4n) is 2.29. The molecule has 3 rings (SSSR count). The topological polar surface area (TPSA) is 87.6 Å². The van der Waals surface area contributed by atoms with Gasteiger partial charge in [0, 0.05) is 16.3 Å². The summed E-state index contributed by atoms with van der Waals surface area (Å²) in [6.45, 7) is 0. The number of amides is 1. The molecule has 2 N–H and O–H groups in total. The summed E-state index contributed by atoms with van der Waals surface area (Å²) in [4.78, 5) is 12.2. The maximum atomic E-state index is 12.4. The van der Waals surface area contributed by atoms with E-state index >= 15 is 0 Å². The zero-order valence-corrected chi connectivity index (χ0v) is 16.1. The molecule has 0 atom stereocenters. The number of sulfonamides is 1. The summed E-state index contributed by atoms with van der Waals surface area (Å²) < 4.78 is 27.2. The average Bonchev–Trinajstić information content (AvgIpc) is 2.69. The molecule has 1 amide bonds. The Labute approximate surface area is 167 Å². The van der Waals surface area contributed by atoms with Crippen molar-refractivity contribution in [3.63, 3.8) is 0 Å². The lowest BCUT2D eigenvalue weighted by atomic mass is 10.2. The molecule has 0 bridgehead atoms. The Hall–Kier alpha value is -3.16. The normalized spacial score (nSPS) is 11.3. The molecule has 0 aliphatic rings.